The molecule has 0 spiro atoms. The molecular weight excluding hydrogens is 268 g/mol. The largest absolute Gasteiger partial charge is 0.480 e. The highest BCUT2D eigenvalue weighted by Crippen LogP contribution is 2.22. The van der Waals surface area contributed by atoms with Crippen molar-refractivity contribution in [3.05, 3.63) is 29.0 Å². The molecule has 1 aliphatic rings. The zero-order valence-electron chi connectivity index (χ0n) is 10.4. The Morgan fingerprint density at radius 3 is 2.84 bits per heavy atom. The molecule has 1 N–H and O–H groups in total. The molecule has 1 aromatic rings. The highest BCUT2D eigenvalue weighted by atomic mass is 35.5. The molecule has 1 atom stereocenters. The minimum Gasteiger partial charge on any atom is -0.480 e. The fraction of sp³-hybridized carbons (Fsp3) is 0.462. The maximum atomic E-state index is 12.4. The molecule has 1 amide bonds. The number of carbonyl (C=O) groups is 2. The van der Waals surface area contributed by atoms with Crippen LogP contribution in [-0.2, 0) is 4.79 Å². The van der Waals surface area contributed by atoms with E-state index >= 15 is 0 Å². The van der Waals surface area contributed by atoms with Gasteiger partial charge in [0, 0.05) is 18.9 Å². The second-order valence-corrected chi connectivity index (χ2v) is 4.96. The van der Waals surface area contributed by atoms with Crippen LogP contribution in [0.25, 0.3) is 0 Å². The quantitative estimate of drug-likeness (QED) is 0.903. The van der Waals surface area contributed by atoms with Gasteiger partial charge in [0.05, 0.1) is 10.6 Å². The summed E-state index contributed by atoms with van der Waals surface area (Å²) in [6.07, 6.45) is 5.94. The van der Waals surface area contributed by atoms with Crippen LogP contribution >= 0.6 is 11.6 Å². The number of carboxylic acids is 1. The topological polar surface area (TPSA) is 70.5 Å². The molecular formula is C13H15ClN2O3. The smallest absolute Gasteiger partial charge is 0.326 e. The van der Waals surface area contributed by atoms with Crippen molar-refractivity contribution in [3.63, 3.8) is 0 Å². The van der Waals surface area contributed by atoms with Crippen molar-refractivity contribution in [2.75, 3.05) is 6.54 Å². The second kappa shape index (κ2) is 6.02. The molecule has 0 aliphatic carbocycles. The van der Waals surface area contributed by atoms with Gasteiger partial charge in [0.2, 0.25) is 0 Å². The lowest BCUT2D eigenvalue weighted by molar-refractivity contribution is -0.142. The number of halogens is 1. The van der Waals surface area contributed by atoms with Crippen molar-refractivity contribution in [3.8, 4) is 0 Å². The first-order valence-electron chi connectivity index (χ1n) is 6.24. The van der Waals surface area contributed by atoms with Crippen LogP contribution < -0.4 is 0 Å². The van der Waals surface area contributed by atoms with Crippen molar-refractivity contribution in [1.29, 1.82) is 0 Å². The maximum absolute atomic E-state index is 12.4. The number of hydrogen-bond acceptors (Lipinski definition) is 3. The second-order valence-electron chi connectivity index (χ2n) is 4.56. The summed E-state index contributed by atoms with van der Waals surface area (Å²) in [5, 5.41) is 9.51. The van der Waals surface area contributed by atoms with Crippen molar-refractivity contribution < 1.29 is 14.7 Å². The Labute approximate surface area is 116 Å². The van der Waals surface area contributed by atoms with Crippen molar-refractivity contribution in [1.82, 2.24) is 9.88 Å². The zero-order valence-corrected chi connectivity index (χ0v) is 11.1. The number of carboxylic acid groups (broad SMARTS) is 1. The van der Waals surface area contributed by atoms with Gasteiger partial charge in [0.25, 0.3) is 5.91 Å². The number of rotatable bonds is 2. The number of amides is 1. The summed E-state index contributed by atoms with van der Waals surface area (Å²) in [5.74, 6) is -1.29. The molecule has 2 heterocycles. The number of carbonyl (C=O) groups excluding carboxylic acids is 1. The lowest BCUT2D eigenvalue weighted by Crippen LogP contribution is -2.44. The molecule has 2 rings (SSSR count). The summed E-state index contributed by atoms with van der Waals surface area (Å²) in [5.41, 5.74) is 0.310. The van der Waals surface area contributed by atoms with Crippen LogP contribution in [0.4, 0.5) is 0 Å². The van der Waals surface area contributed by atoms with Gasteiger partial charge in [0.1, 0.15) is 6.04 Å². The molecule has 5 nitrogen and oxygen atoms in total. The maximum Gasteiger partial charge on any atom is 0.326 e. The standard InChI is InChI=1S/C13H15ClN2O3/c14-10-8-15-6-5-9(10)12(17)16-7-3-1-2-4-11(16)13(18)19/h5-6,8,11H,1-4,7H2,(H,18,19). The molecule has 0 aromatic carbocycles. The molecule has 1 unspecified atom stereocenters. The van der Waals surface area contributed by atoms with Crippen LogP contribution in [0.3, 0.4) is 0 Å². The van der Waals surface area contributed by atoms with Crippen molar-refractivity contribution >= 4 is 23.5 Å². The monoisotopic (exact) mass is 282 g/mol. The first-order chi connectivity index (χ1) is 9.11. The predicted octanol–water partition coefficient (Wildman–Crippen LogP) is 2.20. The summed E-state index contributed by atoms with van der Waals surface area (Å²) < 4.78 is 0. The van der Waals surface area contributed by atoms with E-state index in [1.165, 1.54) is 23.4 Å². The Morgan fingerprint density at radius 1 is 1.37 bits per heavy atom. The Kier molecular flexibility index (Phi) is 4.37. The van der Waals surface area contributed by atoms with Gasteiger partial charge in [-0.15, -0.1) is 0 Å². The number of hydrogen-bond donors (Lipinski definition) is 1. The summed E-state index contributed by atoms with van der Waals surface area (Å²) in [6.45, 7) is 0.453. The SMILES string of the molecule is O=C(O)C1CCCCCN1C(=O)c1ccncc1Cl. The molecule has 19 heavy (non-hydrogen) atoms. The van der Waals surface area contributed by atoms with E-state index < -0.39 is 12.0 Å². The van der Waals surface area contributed by atoms with Gasteiger partial charge < -0.3 is 10.0 Å². The van der Waals surface area contributed by atoms with E-state index in [-0.39, 0.29) is 10.9 Å². The van der Waals surface area contributed by atoms with Crippen LogP contribution in [0.5, 0.6) is 0 Å². The molecule has 1 saturated heterocycles. The molecule has 102 valence electrons. The van der Waals surface area contributed by atoms with Gasteiger partial charge in [-0.2, -0.15) is 0 Å². The van der Waals surface area contributed by atoms with Gasteiger partial charge in [-0.05, 0) is 18.9 Å². The fourth-order valence-electron chi connectivity index (χ4n) is 2.31. The minimum absolute atomic E-state index is 0.251. The van der Waals surface area contributed by atoms with Gasteiger partial charge in [0.15, 0.2) is 0 Å². The van der Waals surface area contributed by atoms with E-state index in [0.29, 0.717) is 18.5 Å². The van der Waals surface area contributed by atoms with E-state index in [0.717, 1.165) is 19.3 Å². The molecule has 0 radical (unpaired) electrons. The van der Waals surface area contributed by atoms with Gasteiger partial charge >= 0.3 is 5.97 Å². The van der Waals surface area contributed by atoms with Crippen molar-refractivity contribution in [2.45, 2.75) is 31.7 Å². The first kappa shape index (κ1) is 13.8. The van der Waals surface area contributed by atoms with Gasteiger partial charge in [-0.1, -0.05) is 24.4 Å². The number of likely N-dealkylation sites (tertiary alicyclic amines) is 1. The first-order valence-corrected chi connectivity index (χ1v) is 6.62. The average Bonchev–Trinajstić information content (AvgIpc) is 2.64. The molecule has 0 saturated carbocycles. The van der Waals surface area contributed by atoms with Crippen molar-refractivity contribution in [2.24, 2.45) is 0 Å². The van der Waals surface area contributed by atoms with Crippen LogP contribution in [0.15, 0.2) is 18.5 Å². The third-order valence-electron chi connectivity index (χ3n) is 3.30. The van der Waals surface area contributed by atoms with E-state index in [4.69, 9.17) is 11.6 Å². The van der Waals surface area contributed by atoms with Gasteiger partial charge in [-0.25, -0.2) is 4.79 Å². The zero-order chi connectivity index (χ0) is 13.8. The number of pyridine rings is 1. The summed E-state index contributed by atoms with van der Waals surface area (Å²) in [4.78, 5) is 29.0. The third kappa shape index (κ3) is 3.04. The molecule has 6 heteroatoms. The van der Waals surface area contributed by atoms with E-state index in [1.54, 1.807) is 0 Å². The summed E-state index contributed by atoms with van der Waals surface area (Å²) in [6, 6.07) is 0.758. The van der Waals surface area contributed by atoms with Gasteiger partial charge in [-0.3, -0.25) is 9.78 Å². The Hall–Kier alpha value is -1.62. The predicted molar refractivity (Wildman–Crippen MR) is 70.2 cm³/mol. The molecule has 1 aliphatic heterocycles. The normalized spacial score (nSPS) is 19.8. The van der Waals surface area contributed by atoms with Crippen LogP contribution in [-0.4, -0.2) is 39.5 Å². The van der Waals surface area contributed by atoms with Crippen LogP contribution in [0, 0.1) is 0 Å². The van der Waals surface area contributed by atoms with E-state index in [1.807, 2.05) is 0 Å². The van der Waals surface area contributed by atoms with E-state index in [2.05, 4.69) is 4.98 Å². The van der Waals surface area contributed by atoms with Crippen LogP contribution in [0.2, 0.25) is 5.02 Å². The molecule has 1 fully saturated rings. The van der Waals surface area contributed by atoms with Crippen LogP contribution in [0.1, 0.15) is 36.0 Å². The fourth-order valence-corrected chi connectivity index (χ4v) is 2.51. The minimum atomic E-state index is -0.958. The highest BCUT2D eigenvalue weighted by molar-refractivity contribution is 6.33. The number of aromatic nitrogens is 1. The average molecular weight is 283 g/mol. The number of nitrogens with zero attached hydrogens (tertiary/aromatic N) is 2. The Morgan fingerprint density at radius 2 is 2.16 bits per heavy atom. The summed E-state index contributed by atoms with van der Waals surface area (Å²) in [7, 11) is 0. The lowest BCUT2D eigenvalue weighted by atomic mass is 10.1. The lowest BCUT2D eigenvalue weighted by Gasteiger charge is -2.27. The molecule has 1 aromatic heterocycles. The Bertz CT molecular complexity index is 493. The number of aliphatic carboxylic acids is 1. The highest BCUT2D eigenvalue weighted by Gasteiger charge is 2.31. The Balaban J connectivity index is 2.29. The molecule has 0 bridgehead atoms. The third-order valence-corrected chi connectivity index (χ3v) is 3.60. The summed E-state index contributed by atoms with van der Waals surface area (Å²) >= 11 is 5.95. The van der Waals surface area contributed by atoms with E-state index in [9.17, 15) is 14.7 Å².